The molecule has 0 saturated heterocycles. The highest BCUT2D eigenvalue weighted by Crippen LogP contribution is 2.30. The van der Waals surface area contributed by atoms with Crippen LogP contribution in [-0.4, -0.2) is 29.5 Å². The normalized spacial score (nSPS) is 10.4. The number of nitrogens with zero attached hydrogens (tertiary/aromatic N) is 1. The number of aromatic carboxylic acids is 1. The zero-order chi connectivity index (χ0) is 18.2. The maximum atomic E-state index is 10.9. The van der Waals surface area contributed by atoms with Crippen LogP contribution in [0, 0.1) is 0 Å². The molecule has 130 valence electrons. The molecule has 0 spiro atoms. The average Bonchev–Trinajstić information content (AvgIpc) is 2.60. The summed E-state index contributed by atoms with van der Waals surface area (Å²) in [6.45, 7) is 0.240. The molecule has 0 radical (unpaired) electrons. The van der Waals surface area contributed by atoms with Gasteiger partial charge in [0.15, 0.2) is 16.6 Å². The number of hydrazone groups is 1. The summed E-state index contributed by atoms with van der Waals surface area (Å²) in [6, 6.07) is 11.8. The second-order valence-electron chi connectivity index (χ2n) is 4.90. The van der Waals surface area contributed by atoms with Crippen LogP contribution in [0.5, 0.6) is 11.5 Å². The third-order valence-electron chi connectivity index (χ3n) is 3.19. The third kappa shape index (κ3) is 5.18. The van der Waals surface area contributed by atoms with E-state index in [9.17, 15) is 4.79 Å². The van der Waals surface area contributed by atoms with Gasteiger partial charge in [0.25, 0.3) is 0 Å². The van der Waals surface area contributed by atoms with Gasteiger partial charge >= 0.3 is 5.97 Å². The Morgan fingerprint density at radius 2 is 2.04 bits per heavy atom. The Morgan fingerprint density at radius 3 is 2.64 bits per heavy atom. The molecular weight excluding hydrogens is 342 g/mol. The van der Waals surface area contributed by atoms with E-state index in [2.05, 4.69) is 10.5 Å². The molecule has 2 aromatic rings. The number of nitrogens with two attached hydrogens (primary N) is 1. The molecule has 0 amide bonds. The summed E-state index contributed by atoms with van der Waals surface area (Å²) in [5.74, 6) is 0.0724. The molecule has 0 heterocycles. The number of nitrogens with one attached hydrogen (secondary N) is 1. The summed E-state index contributed by atoms with van der Waals surface area (Å²) in [7, 11) is 1.54. The van der Waals surface area contributed by atoms with Crippen LogP contribution in [0.4, 0.5) is 0 Å². The standard InChI is InChI=1S/C17H17N3O4S/c1-23-14-4-2-3-13(9-19-20-17(18)25)15(14)24-10-11-5-7-12(8-6-11)16(21)22/h2-9H,10H2,1H3,(H,21,22)(H3,18,20,25)/b19-9-. The number of methoxy groups -OCH3 is 1. The molecular formula is C17H17N3O4S. The molecule has 0 unspecified atom stereocenters. The monoisotopic (exact) mass is 359 g/mol. The van der Waals surface area contributed by atoms with Gasteiger partial charge in [0.2, 0.25) is 0 Å². The number of carboxylic acid groups (broad SMARTS) is 1. The smallest absolute Gasteiger partial charge is 0.335 e. The predicted octanol–water partition coefficient (Wildman–Crippen LogP) is 2.14. The molecule has 0 saturated carbocycles. The minimum Gasteiger partial charge on any atom is -0.493 e. The van der Waals surface area contributed by atoms with Gasteiger partial charge in [-0.1, -0.05) is 18.2 Å². The summed E-state index contributed by atoms with van der Waals surface area (Å²) < 4.78 is 11.2. The molecule has 7 nitrogen and oxygen atoms in total. The lowest BCUT2D eigenvalue weighted by molar-refractivity contribution is 0.0697. The number of rotatable bonds is 7. The number of carbonyl (C=O) groups is 1. The fraction of sp³-hybridized carbons (Fsp3) is 0.118. The molecule has 2 aromatic carbocycles. The van der Waals surface area contributed by atoms with Crippen LogP contribution < -0.4 is 20.6 Å². The van der Waals surface area contributed by atoms with E-state index in [1.807, 2.05) is 0 Å². The average molecular weight is 359 g/mol. The SMILES string of the molecule is COc1cccc(/C=N\NC(N)=S)c1OCc1ccc(C(=O)O)cc1. The Bertz CT molecular complexity index is 791. The summed E-state index contributed by atoms with van der Waals surface area (Å²) in [5.41, 5.74) is 9.51. The highest BCUT2D eigenvalue weighted by Gasteiger charge is 2.10. The van der Waals surface area contributed by atoms with Crippen LogP contribution in [0.1, 0.15) is 21.5 Å². The van der Waals surface area contributed by atoms with Gasteiger partial charge in [-0.2, -0.15) is 5.10 Å². The van der Waals surface area contributed by atoms with E-state index in [1.54, 1.807) is 30.3 Å². The van der Waals surface area contributed by atoms with E-state index in [0.717, 1.165) is 5.56 Å². The number of para-hydroxylation sites is 1. The van der Waals surface area contributed by atoms with Crippen LogP contribution in [0.2, 0.25) is 0 Å². The van der Waals surface area contributed by atoms with Crippen LogP contribution >= 0.6 is 12.2 Å². The maximum absolute atomic E-state index is 10.9. The molecule has 8 heteroatoms. The lowest BCUT2D eigenvalue weighted by atomic mass is 10.1. The van der Waals surface area contributed by atoms with Crippen molar-refractivity contribution in [2.24, 2.45) is 10.8 Å². The first kappa shape index (κ1) is 18.2. The van der Waals surface area contributed by atoms with Crippen molar-refractivity contribution >= 4 is 29.5 Å². The molecule has 0 bridgehead atoms. The van der Waals surface area contributed by atoms with E-state index < -0.39 is 5.97 Å². The zero-order valence-electron chi connectivity index (χ0n) is 13.4. The van der Waals surface area contributed by atoms with Gasteiger partial charge in [-0.15, -0.1) is 0 Å². The summed E-state index contributed by atoms with van der Waals surface area (Å²) in [5, 5.41) is 12.9. The van der Waals surface area contributed by atoms with E-state index >= 15 is 0 Å². The van der Waals surface area contributed by atoms with Gasteiger partial charge in [-0.25, -0.2) is 4.79 Å². The van der Waals surface area contributed by atoms with Crippen molar-refractivity contribution in [1.29, 1.82) is 0 Å². The van der Waals surface area contributed by atoms with Crippen molar-refractivity contribution in [1.82, 2.24) is 5.43 Å². The quantitative estimate of drug-likeness (QED) is 0.395. The largest absolute Gasteiger partial charge is 0.493 e. The number of thiocarbonyl (C=S) groups is 1. The first-order valence-electron chi connectivity index (χ1n) is 7.22. The summed E-state index contributed by atoms with van der Waals surface area (Å²) in [6.07, 6.45) is 1.52. The second-order valence-corrected chi connectivity index (χ2v) is 5.34. The molecule has 25 heavy (non-hydrogen) atoms. The third-order valence-corrected chi connectivity index (χ3v) is 3.28. The van der Waals surface area contributed by atoms with Gasteiger partial charge in [0.1, 0.15) is 6.61 Å². The van der Waals surface area contributed by atoms with Crippen molar-refractivity contribution in [3.05, 3.63) is 59.2 Å². The minimum absolute atomic E-state index is 0.0557. The highest BCUT2D eigenvalue weighted by molar-refractivity contribution is 7.80. The van der Waals surface area contributed by atoms with Crippen molar-refractivity contribution in [3.63, 3.8) is 0 Å². The first-order valence-corrected chi connectivity index (χ1v) is 7.62. The number of carboxylic acids is 1. The second kappa shape index (κ2) is 8.65. The Morgan fingerprint density at radius 1 is 1.32 bits per heavy atom. The number of ether oxygens (including phenoxy) is 2. The number of hydrogen-bond acceptors (Lipinski definition) is 5. The van der Waals surface area contributed by atoms with Crippen LogP contribution in [0.15, 0.2) is 47.6 Å². The molecule has 0 aromatic heterocycles. The maximum Gasteiger partial charge on any atom is 0.335 e. The fourth-order valence-corrected chi connectivity index (χ4v) is 2.07. The van der Waals surface area contributed by atoms with Crippen molar-refractivity contribution in [3.8, 4) is 11.5 Å². The lowest BCUT2D eigenvalue weighted by Gasteiger charge is -2.13. The fourth-order valence-electron chi connectivity index (χ4n) is 2.01. The Balaban J connectivity index is 2.17. The minimum atomic E-state index is -0.971. The van der Waals surface area contributed by atoms with Crippen molar-refractivity contribution in [2.75, 3.05) is 7.11 Å². The molecule has 4 N–H and O–H groups in total. The van der Waals surface area contributed by atoms with Crippen molar-refractivity contribution in [2.45, 2.75) is 6.61 Å². The number of hydrogen-bond donors (Lipinski definition) is 3. The predicted molar refractivity (Wildman–Crippen MR) is 98.2 cm³/mol. The van der Waals surface area contributed by atoms with E-state index in [4.69, 9.17) is 32.5 Å². The van der Waals surface area contributed by atoms with E-state index in [1.165, 1.54) is 25.5 Å². The molecule has 0 fully saturated rings. The van der Waals surface area contributed by atoms with Gasteiger partial charge in [0, 0.05) is 5.56 Å². The van der Waals surface area contributed by atoms with E-state index in [-0.39, 0.29) is 17.3 Å². The first-order chi connectivity index (χ1) is 12.0. The Labute approximate surface area is 150 Å². The van der Waals surface area contributed by atoms with E-state index in [0.29, 0.717) is 17.1 Å². The van der Waals surface area contributed by atoms with Gasteiger partial charge in [0.05, 0.1) is 18.9 Å². The van der Waals surface area contributed by atoms with Crippen LogP contribution in [0.3, 0.4) is 0 Å². The zero-order valence-corrected chi connectivity index (χ0v) is 14.2. The molecule has 0 aliphatic rings. The lowest BCUT2D eigenvalue weighted by Crippen LogP contribution is -2.24. The Kier molecular flexibility index (Phi) is 6.30. The van der Waals surface area contributed by atoms with Crippen LogP contribution in [-0.2, 0) is 6.61 Å². The number of benzene rings is 2. The van der Waals surface area contributed by atoms with Crippen molar-refractivity contribution < 1.29 is 19.4 Å². The highest BCUT2D eigenvalue weighted by atomic mass is 32.1. The Hall–Kier alpha value is -3.13. The molecule has 0 aliphatic carbocycles. The summed E-state index contributed by atoms with van der Waals surface area (Å²) in [4.78, 5) is 10.9. The van der Waals surface area contributed by atoms with Crippen LogP contribution in [0.25, 0.3) is 0 Å². The molecule has 0 aliphatic heterocycles. The van der Waals surface area contributed by atoms with Gasteiger partial charge < -0.3 is 20.3 Å². The molecule has 2 rings (SSSR count). The summed E-state index contributed by atoms with van der Waals surface area (Å²) >= 11 is 4.69. The molecule has 0 atom stereocenters. The van der Waals surface area contributed by atoms with Gasteiger partial charge in [-0.05, 0) is 42.0 Å². The van der Waals surface area contributed by atoms with Gasteiger partial charge in [-0.3, -0.25) is 5.43 Å². The topological polar surface area (TPSA) is 106 Å².